The molecule has 1 aliphatic rings. The van der Waals surface area contributed by atoms with Crippen molar-refractivity contribution in [2.75, 3.05) is 19.7 Å². The molecule has 27 heavy (non-hydrogen) atoms. The summed E-state index contributed by atoms with van der Waals surface area (Å²) in [4.78, 5) is 22.7. The number of carbonyl (C=O) groups excluding carboxylic acids is 1. The molecule has 1 unspecified atom stereocenters. The number of carbonyl (C=O) groups is 1. The van der Waals surface area contributed by atoms with Gasteiger partial charge in [0, 0.05) is 50.3 Å². The monoisotopic (exact) mass is 373 g/mol. The highest BCUT2D eigenvalue weighted by atomic mass is 19.1. The van der Waals surface area contributed by atoms with E-state index >= 15 is 0 Å². The third-order valence-electron chi connectivity index (χ3n) is 4.60. The van der Waals surface area contributed by atoms with Crippen LogP contribution in [-0.2, 0) is 22.5 Å². The number of aromatic nitrogens is 2. The quantitative estimate of drug-likeness (QED) is 0.785. The van der Waals surface area contributed by atoms with Gasteiger partial charge in [-0.05, 0) is 25.0 Å². The number of halogens is 1. The summed E-state index contributed by atoms with van der Waals surface area (Å²) in [6, 6.07) is 3.97. The molecule has 6 nitrogen and oxygen atoms in total. The van der Waals surface area contributed by atoms with E-state index in [4.69, 9.17) is 4.74 Å². The van der Waals surface area contributed by atoms with Crippen molar-refractivity contribution in [1.29, 1.82) is 0 Å². The molecule has 0 saturated heterocycles. The number of ether oxygens (including phenoxy) is 1. The fourth-order valence-corrected chi connectivity index (χ4v) is 3.36. The molecule has 0 fully saturated rings. The molecule has 2 aromatic rings. The van der Waals surface area contributed by atoms with Crippen molar-refractivity contribution in [1.82, 2.24) is 14.9 Å². The van der Waals surface area contributed by atoms with E-state index in [-0.39, 0.29) is 23.2 Å². The molecule has 0 aliphatic carbocycles. The minimum absolute atomic E-state index is 0.123. The summed E-state index contributed by atoms with van der Waals surface area (Å²) in [5, 5.41) is 9.35. The first-order valence-corrected chi connectivity index (χ1v) is 9.18. The summed E-state index contributed by atoms with van der Waals surface area (Å²) < 4.78 is 19.1. The number of hydrogen-bond acceptors (Lipinski definition) is 6. The Morgan fingerprint density at radius 2 is 2.26 bits per heavy atom. The smallest absolute Gasteiger partial charge is 0.306 e. The predicted molar refractivity (Wildman–Crippen MR) is 98.5 cm³/mol. The largest absolute Gasteiger partial charge is 0.508 e. The lowest BCUT2D eigenvalue weighted by atomic mass is 10.0. The Kier molecular flexibility index (Phi) is 6.01. The Hall–Kier alpha value is -2.54. The van der Waals surface area contributed by atoms with Crippen LogP contribution in [-0.4, -0.2) is 45.6 Å². The fraction of sp³-hybridized carbons (Fsp3) is 0.450. The van der Waals surface area contributed by atoms with E-state index in [1.807, 2.05) is 13.8 Å². The van der Waals surface area contributed by atoms with Crippen LogP contribution in [0.4, 0.5) is 4.39 Å². The van der Waals surface area contributed by atoms with Crippen LogP contribution in [0.3, 0.4) is 0 Å². The number of aromatic hydroxyl groups is 1. The van der Waals surface area contributed by atoms with Gasteiger partial charge >= 0.3 is 5.97 Å². The number of benzene rings is 1. The van der Waals surface area contributed by atoms with Crippen molar-refractivity contribution >= 4 is 5.97 Å². The van der Waals surface area contributed by atoms with E-state index in [0.717, 1.165) is 36.8 Å². The lowest BCUT2D eigenvalue weighted by Crippen LogP contribution is -2.35. The van der Waals surface area contributed by atoms with Crippen molar-refractivity contribution in [2.45, 2.75) is 33.2 Å². The normalized spacial score (nSPS) is 15.2. The van der Waals surface area contributed by atoms with Gasteiger partial charge in [-0.1, -0.05) is 6.92 Å². The highest BCUT2D eigenvalue weighted by molar-refractivity contribution is 5.69. The number of hydrogen-bond donors (Lipinski definition) is 1. The molecular formula is C20H24FN3O3. The van der Waals surface area contributed by atoms with Crippen molar-refractivity contribution in [3.05, 3.63) is 41.5 Å². The molecule has 2 heterocycles. The van der Waals surface area contributed by atoms with Gasteiger partial charge in [0.2, 0.25) is 0 Å². The molecule has 1 aromatic carbocycles. The lowest BCUT2D eigenvalue weighted by Gasteiger charge is -2.30. The standard InChI is InChI=1S/C20H24FN3O3/c1-3-27-19(26)8-13(2)11-24-7-6-18-14(12-24)10-22-20(23-18)16-5-4-15(25)9-17(16)21/h4-5,9-10,13,25H,3,6-8,11-12H2,1-2H3. The third kappa shape index (κ3) is 4.80. The summed E-state index contributed by atoms with van der Waals surface area (Å²) in [5.74, 6) is -0.291. The van der Waals surface area contributed by atoms with Crippen LogP contribution in [0.25, 0.3) is 11.4 Å². The van der Waals surface area contributed by atoms with Gasteiger partial charge in [-0.25, -0.2) is 14.4 Å². The second kappa shape index (κ2) is 8.43. The molecule has 1 aliphatic heterocycles. The van der Waals surface area contributed by atoms with Crippen molar-refractivity contribution in [3.63, 3.8) is 0 Å². The predicted octanol–water partition coefficient (Wildman–Crippen LogP) is 2.94. The number of phenols is 1. The molecular weight excluding hydrogens is 349 g/mol. The average Bonchev–Trinajstić information content (AvgIpc) is 2.61. The summed E-state index contributed by atoms with van der Waals surface area (Å²) >= 11 is 0. The van der Waals surface area contributed by atoms with Crippen LogP contribution in [0.5, 0.6) is 5.75 Å². The molecule has 0 amide bonds. The van der Waals surface area contributed by atoms with Crippen molar-refractivity contribution in [2.24, 2.45) is 5.92 Å². The first-order valence-electron chi connectivity index (χ1n) is 9.18. The number of esters is 1. The molecule has 0 bridgehead atoms. The Morgan fingerprint density at radius 1 is 1.44 bits per heavy atom. The van der Waals surface area contributed by atoms with E-state index in [0.29, 0.717) is 25.4 Å². The zero-order valence-corrected chi connectivity index (χ0v) is 15.6. The van der Waals surface area contributed by atoms with Gasteiger partial charge in [-0.15, -0.1) is 0 Å². The Labute approximate surface area is 158 Å². The first kappa shape index (κ1) is 19.2. The highest BCUT2D eigenvalue weighted by Gasteiger charge is 2.22. The van der Waals surface area contributed by atoms with Crippen molar-refractivity contribution < 1.29 is 19.0 Å². The van der Waals surface area contributed by atoms with Gasteiger partial charge in [0.15, 0.2) is 5.82 Å². The summed E-state index contributed by atoms with van der Waals surface area (Å²) in [7, 11) is 0. The maximum absolute atomic E-state index is 14.0. The second-order valence-electron chi connectivity index (χ2n) is 6.93. The van der Waals surface area contributed by atoms with E-state index < -0.39 is 5.82 Å². The highest BCUT2D eigenvalue weighted by Crippen LogP contribution is 2.25. The van der Waals surface area contributed by atoms with Crippen LogP contribution < -0.4 is 0 Å². The topological polar surface area (TPSA) is 75.5 Å². The summed E-state index contributed by atoms with van der Waals surface area (Å²) in [6.07, 6.45) is 2.90. The molecule has 1 N–H and O–H groups in total. The van der Waals surface area contributed by atoms with Gasteiger partial charge in [0.25, 0.3) is 0 Å². The van der Waals surface area contributed by atoms with Gasteiger partial charge in [0.05, 0.1) is 17.9 Å². The van der Waals surface area contributed by atoms with Gasteiger partial charge < -0.3 is 9.84 Å². The van der Waals surface area contributed by atoms with E-state index in [9.17, 15) is 14.3 Å². The van der Waals surface area contributed by atoms with Crippen LogP contribution >= 0.6 is 0 Å². The Morgan fingerprint density at radius 3 is 3.00 bits per heavy atom. The summed E-state index contributed by atoms with van der Waals surface area (Å²) in [5.41, 5.74) is 2.22. The molecule has 7 heteroatoms. The van der Waals surface area contributed by atoms with Crippen molar-refractivity contribution in [3.8, 4) is 17.1 Å². The number of rotatable bonds is 6. The number of nitrogens with zero attached hydrogens (tertiary/aromatic N) is 3. The molecule has 144 valence electrons. The Balaban J connectivity index is 1.66. The fourth-order valence-electron chi connectivity index (χ4n) is 3.36. The number of fused-ring (bicyclic) bond motifs is 1. The van der Waals surface area contributed by atoms with E-state index in [2.05, 4.69) is 14.9 Å². The minimum Gasteiger partial charge on any atom is -0.508 e. The molecule has 0 spiro atoms. The SMILES string of the molecule is CCOC(=O)CC(C)CN1CCc2nc(-c3ccc(O)cc3F)ncc2C1. The van der Waals surface area contributed by atoms with Crippen LogP contribution in [0.2, 0.25) is 0 Å². The van der Waals surface area contributed by atoms with Gasteiger partial charge in [-0.2, -0.15) is 0 Å². The molecule has 1 aromatic heterocycles. The summed E-state index contributed by atoms with van der Waals surface area (Å²) in [6.45, 7) is 6.59. The molecule has 1 atom stereocenters. The van der Waals surface area contributed by atoms with Crippen LogP contribution in [0.15, 0.2) is 24.4 Å². The Bertz CT molecular complexity index is 828. The lowest BCUT2D eigenvalue weighted by molar-refractivity contribution is -0.144. The average molecular weight is 373 g/mol. The van der Waals surface area contributed by atoms with E-state index in [1.54, 1.807) is 6.20 Å². The zero-order valence-electron chi connectivity index (χ0n) is 15.6. The van der Waals surface area contributed by atoms with Crippen LogP contribution in [0, 0.1) is 11.7 Å². The molecule has 0 saturated carbocycles. The minimum atomic E-state index is -0.542. The molecule has 0 radical (unpaired) electrons. The zero-order chi connectivity index (χ0) is 19.4. The van der Waals surface area contributed by atoms with Gasteiger partial charge in [0.1, 0.15) is 11.6 Å². The first-order chi connectivity index (χ1) is 13.0. The maximum Gasteiger partial charge on any atom is 0.306 e. The third-order valence-corrected chi connectivity index (χ3v) is 4.60. The van der Waals surface area contributed by atoms with Gasteiger partial charge in [-0.3, -0.25) is 9.69 Å². The second-order valence-corrected chi connectivity index (χ2v) is 6.93. The van der Waals surface area contributed by atoms with Crippen LogP contribution in [0.1, 0.15) is 31.5 Å². The van der Waals surface area contributed by atoms with E-state index in [1.165, 1.54) is 12.1 Å². The molecule has 3 rings (SSSR count). The maximum atomic E-state index is 14.0. The number of phenolic OH excluding ortho intramolecular Hbond substituents is 1.